The van der Waals surface area contributed by atoms with Crippen LogP contribution >= 0.6 is 0 Å². The molecule has 4 nitrogen and oxygen atoms in total. The molecule has 1 saturated carbocycles. The summed E-state index contributed by atoms with van der Waals surface area (Å²) in [5.74, 6) is 0.217. The maximum absolute atomic E-state index is 12.1. The van der Waals surface area contributed by atoms with E-state index in [9.17, 15) is 4.79 Å². The first kappa shape index (κ1) is 15.4. The second-order valence-electron chi connectivity index (χ2n) is 5.11. The minimum atomic E-state index is -0.0750. The fourth-order valence-electron chi connectivity index (χ4n) is 2.70. The topological polar surface area (TPSA) is 41.6 Å². The van der Waals surface area contributed by atoms with Gasteiger partial charge in [0.25, 0.3) is 0 Å². The van der Waals surface area contributed by atoms with E-state index in [-0.39, 0.29) is 11.9 Å². The van der Waals surface area contributed by atoms with Gasteiger partial charge in [-0.05, 0) is 46.5 Å². The van der Waals surface area contributed by atoms with Gasteiger partial charge in [-0.3, -0.25) is 4.79 Å². The van der Waals surface area contributed by atoms with Crippen LogP contribution in [0.25, 0.3) is 0 Å². The fraction of sp³-hybridized carbons (Fsp3) is 0.929. The van der Waals surface area contributed by atoms with E-state index in [0.717, 1.165) is 38.8 Å². The first-order chi connectivity index (χ1) is 8.62. The zero-order valence-corrected chi connectivity index (χ0v) is 12.2. The zero-order valence-electron chi connectivity index (χ0n) is 12.2. The zero-order chi connectivity index (χ0) is 13.5. The molecule has 1 aliphatic carbocycles. The van der Waals surface area contributed by atoms with E-state index in [0.29, 0.717) is 12.1 Å². The Bertz CT molecular complexity index is 246. The number of hydrogen-bond donors (Lipinski definition) is 1. The van der Waals surface area contributed by atoms with Gasteiger partial charge in [0.05, 0.1) is 12.1 Å². The smallest absolute Gasteiger partial charge is 0.239 e. The van der Waals surface area contributed by atoms with Gasteiger partial charge in [0, 0.05) is 26.2 Å². The van der Waals surface area contributed by atoms with Crippen molar-refractivity contribution in [3.8, 4) is 0 Å². The quantitative estimate of drug-likeness (QED) is 0.788. The predicted octanol–water partition coefficient (Wildman–Crippen LogP) is 1.79. The van der Waals surface area contributed by atoms with E-state index in [2.05, 4.69) is 5.32 Å². The molecule has 0 aromatic heterocycles. The van der Waals surface area contributed by atoms with Gasteiger partial charge in [0.1, 0.15) is 0 Å². The summed E-state index contributed by atoms with van der Waals surface area (Å²) in [4.78, 5) is 14.0. The summed E-state index contributed by atoms with van der Waals surface area (Å²) < 4.78 is 5.36. The highest BCUT2D eigenvalue weighted by Crippen LogP contribution is 2.21. The maximum Gasteiger partial charge on any atom is 0.239 e. The number of nitrogens with zero attached hydrogens (tertiary/aromatic N) is 1. The Kier molecular flexibility index (Phi) is 6.65. The minimum Gasteiger partial charge on any atom is -0.381 e. The third-order valence-corrected chi connectivity index (χ3v) is 3.94. The highest BCUT2D eigenvalue weighted by molar-refractivity contribution is 5.81. The Labute approximate surface area is 111 Å². The van der Waals surface area contributed by atoms with E-state index in [1.807, 2.05) is 25.7 Å². The first-order valence-corrected chi connectivity index (χ1v) is 7.19. The van der Waals surface area contributed by atoms with E-state index < -0.39 is 0 Å². The van der Waals surface area contributed by atoms with Crippen LogP contribution in [0.2, 0.25) is 0 Å². The number of rotatable bonds is 6. The summed E-state index contributed by atoms with van der Waals surface area (Å²) >= 11 is 0. The molecule has 0 spiro atoms. The van der Waals surface area contributed by atoms with E-state index >= 15 is 0 Å². The Morgan fingerprint density at radius 3 is 2.28 bits per heavy atom. The van der Waals surface area contributed by atoms with Crippen molar-refractivity contribution in [2.75, 3.05) is 20.2 Å². The average Bonchev–Trinajstić information content (AvgIpc) is 2.40. The molecule has 0 aromatic carbocycles. The lowest BCUT2D eigenvalue weighted by Crippen LogP contribution is -2.49. The van der Waals surface area contributed by atoms with Crippen LogP contribution < -0.4 is 5.32 Å². The fourth-order valence-corrected chi connectivity index (χ4v) is 2.70. The SMILES string of the molecule is CCN(CC)C(=O)C(C)NC1CCC(OC)CC1. The van der Waals surface area contributed by atoms with Gasteiger partial charge in [-0.25, -0.2) is 0 Å². The van der Waals surface area contributed by atoms with E-state index in [1.165, 1.54) is 0 Å². The van der Waals surface area contributed by atoms with Crippen LogP contribution in [0.1, 0.15) is 46.5 Å². The standard InChI is InChI=1S/C14H28N2O2/c1-5-16(6-2)14(17)11(3)15-12-7-9-13(18-4)10-8-12/h11-13,15H,5-10H2,1-4H3. The molecule has 0 aromatic rings. The molecule has 0 aliphatic heterocycles. The van der Waals surface area contributed by atoms with Crippen molar-refractivity contribution in [1.29, 1.82) is 0 Å². The Morgan fingerprint density at radius 1 is 1.28 bits per heavy atom. The number of likely N-dealkylation sites (N-methyl/N-ethyl adjacent to an activating group) is 1. The summed E-state index contributed by atoms with van der Waals surface area (Å²) in [5.41, 5.74) is 0. The van der Waals surface area contributed by atoms with Crippen LogP contribution in [0.15, 0.2) is 0 Å². The number of nitrogens with one attached hydrogen (secondary N) is 1. The van der Waals surface area contributed by atoms with E-state index in [1.54, 1.807) is 7.11 Å². The summed E-state index contributed by atoms with van der Waals surface area (Å²) in [6.45, 7) is 7.61. The van der Waals surface area contributed by atoms with Crippen molar-refractivity contribution in [3.05, 3.63) is 0 Å². The Hall–Kier alpha value is -0.610. The number of amides is 1. The third kappa shape index (κ3) is 4.25. The molecule has 106 valence electrons. The molecule has 1 N–H and O–H groups in total. The second kappa shape index (κ2) is 7.74. The van der Waals surface area contributed by atoms with Crippen LogP contribution in [0.5, 0.6) is 0 Å². The molecule has 1 aliphatic rings. The number of carbonyl (C=O) groups excluding carboxylic acids is 1. The van der Waals surface area contributed by atoms with E-state index in [4.69, 9.17) is 4.74 Å². The molecule has 1 rings (SSSR count). The van der Waals surface area contributed by atoms with Crippen molar-refractivity contribution < 1.29 is 9.53 Å². The van der Waals surface area contributed by atoms with Crippen molar-refractivity contribution >= 4 is 5.91 Å². The number of ether oxygens (including phenoxy) is 1. The Morgan fingerprint density at radius 2 is 1.83 bits per heavy atom. The Balaban J connectivity index is 2.36. The molecule has 0 bridgehead atoms. The molecule has 0 radical (unpaired) electrons. The van der Waals surface area contributed by atoms with Gasteiger partial charge < -0.3 is 15.0 Å². The number of methoxy groups -OCH3 is 1. The molecule has 1 unspecified atom stereocenters. The molecule has 0 heterocycles. The highest BCUT2D eigenvalue weighted by atomic mass is 16.5. The number of hydrogen-bond acceptors (Lipinski definition) is 3. The molecule has 18 heavy (non-hydrogen) atoms. The van der Waals surface area contributed by atoms with Gasteiger partial charge in [0.2, 0.25) is 5.91 Å². The molecule has 1 fully saturated rings. The lowest BCUT2D eigenvalue weighted by atomic mass is 9.92. The highest BCUT2D eigenvalue weighted by Gasteiger charge is 2.25. The molecule has 1 amide bonds. The van der Waals surface area contributed by atoms with Crippen molar-refractivity contribution in [2.24, 2.45) is 0 Å². The van der Waals surface area contributed by atoms with Gasteiger partial charge >= 0.3 is 0 Å². The lowest BCUT2D eigenvalue weighted by molar-refractivity contribution is -0.132. The summed E-state index contributed by atoms with van der Waals surface area (Å²) in [6, 6.07) is 0.389. The molecule has 1 atom stereocenters. The van der Waals surface area contributed by atoms with Crippen LogP contribution in [0.4, 0.5) is 0 Å². The van der Waals surface area contributed by atoms with Crippen molar-refractivity contribution in [2.45, 2.75) is 64.6 Å². The van der Waals surface area contributed by atoms with Crippen LogP contribution in [0, 0.1) is 0 Å². The summed E-state index contributed by atoms with van der Waals surface area (Å²) in [7, 11) is 1.78. The third-order valence-electron chi connectivity index (χ3n) is 3.94. The van der Waals surface area contributed by atoms with Crippen LogP contribution in [0.3, 0.4) is 0 Å². The van der Waals surface area contributed by atoms with Gasteiger partial charge in [-0.1, -0.05) is 0 Å². The molecule has 4 heteroatoms. The van der Waals surface area contributed by atoms with Crippen LogP contribution in [-0.2, 0) is 9.53 Å². The van der Waals surface area contributed by atoms with Crippen molar-refractivity contribution in [1.82, 2.24) is 10.2 Å². The first-order valence-electron chi connectivity index (χ1n) is 7.19. The summed E-state index contributed by atoms with van der Waals surface area (Å²) in [5, 5.41) is 3.47. The second-order valence-corrected chi connectivity index (χ2v) is 5.11. The molecular weight excluding hydrogens is 228 g/mol. The van der Waals surface area contributed by atoms with Gasteiger partial charge in [0.15, 0.2) is 0 Å². The summed E-state index contributed by atoms with van der Waals surface area (Å²) in [6.07, 6.45) is 4.82. The average molecular weight is 256 g/mol. The number of carbonyl (C=O) groups is 1. The minimum absolute atomic E-state index is 0.0750. The molecule has 0 saturated heterocycles. The molecular formula is C14H28N2O2. The van der Waals surface area contributed by atoms with Gasteiger partial charge in [-0.2, -0.15) is 0 Å². The van der Waals surface area contributed by atoms with Crippen LogP contribution in [-0.4, -0.2) is 49.2 Å². The largest absolute Gasteiger partial charge is 0.381 e. The lowest BCUT2D eigenvalue weighted by Gasteiger charge is -2.31. The monoisotopic (exact) mass is 256 g/mol. The normalized spacial score (nSPS) is 25.8. The van der Waals surface area contributed by atoms with Gasteiger partial charge in [-0.15, -0.1) is 0 Å². The van der Waals surface area contributed by atoms with Crippen molar-refractivity contribution in [3.63, 3.8) is 0 Å². The predicted molar refractivity (Wildman–Crippen MR) is 73.6 cm³/mol. The maximum atomic E-state index is 12.1.